The van der Waals surface area contributed by atoms with Crippen LogP contribution in [0.25, 0.3) is 0 Å². The molecule has 1 atom stereocenters. The Balaban J connectivity index is 2.28. The van der Waals surface area contributed by atoms with Crippen LogP contribution in [0.1, 0.15) is 47.1 Å². The second-order valence-corrected chi connectivity index (χ2v) is 8.61. The van der Waals surface area contributed by atoms with Crippen LogP contribution in [0.15, 0.2) is 18.2 Å². The molecule has 0 N–H and O–H groups in total. The van der Waals surface area contributed by atoms with Gasteiger partial charge in [-0.05, 0) is 78.4 Å². The third-order valence-corrected chi connectivity index (χ3v) is 5.65. The molecule has 6 heteroatoms. The maximum Gasteiger partial charge on any atom is 0.495 e. The highest BCUT2D eigenvalue weighted by Gasteiger charge is 2.52. The Bertz CT molecular complexity index is 606. The van der Waals surface area contributed by atoms with E-state index in [9.17, 15) is 4.39 Å². The quantitative estimate of drug-likeness (QED) is 0.695. The lowest BCUT2D eigenvalue weighted by molar-refractivity contribution is 0.00578. The van der Waals surface area contributed by atoms with Crippen molar-refractivity contribution >= 4 is 12.6 Å². The molecule has 0 radical (unpaired) electrons. The monoisotopic (exact) mass is 364 g/mol. The number of rotatable bonds is 7. The second-order valence-electron chi connectivity index (χ2n) is 8.61. The highest BCUT2D eigenvalue weighted by atomic mass is 19.1. The van der Waals surface area contributed by atoms with Gasteiger partial charge in [-0.2, -0.15) is 0 Å². The van der Waals surface area contributed by atoms with Gasteiger partial charge in [-0.3, -0.25) is 4.90 Å². The summed E-state index contributed by atoms with van der Waals surface area (Å²) >= 11 is 0. The lowest BCUT2D eigenvalue weighted by Crippen LogP contribution is -2.43. The van der Waals surface area contributed by atoms with E-state index in [0.29, 0.717) is 6.04 Å². The average molecular weight is 364 g/mol. The summed E-state index contributed by atoms with van der Waals surface area (Å²) in [6.45, 7) is 15.1. The molecule has 0 amide bonds. The molecule has 1 aromatic rings. The number of likely N-dealkylation sites (N-methyl/N-ethyl adjacent to an activating group) is 2. The molecule has 0 spiro atoms. The Morgan fingerprint density at radius 3 is 2.19 bits per heavy atom. The molecule has 1 saturated heterocycles. The molecule has 0 aromatic heterocycles. The van der Waals surface area contributed by atoms with Crippen LogP contribution in [0, 0.1) is 5.82 Å². The Hall–Kier alpha value is -0.945. The average Bonchev–Trinajstić information content (AvgIpc) is 2.73. The fourth-order valence-electron chi connectivity index (χ4n) is 3.34. The van der Waals surface area contributed by atoms with Gasteiger partial charge in [0.1, 0.15) is 5.82 Å². The van der Waals surface area contributed by atoms with Gasteiger partial charge in [-0.1, -0.05) is 13.0 Å². The van der Waals surface area contributed by atoms with Crippen molar-refractivity contribution in [3.8, 4) is 0 Å². The minimum absolute atomic E-state index is 0.261. The van der Waals surface area contributed by atoms with E-state index in [1.54, 1.807) is 6.07 Å². The van der Waals surface area contributed by atoms with Gasteiger partial charge >= 0.3 is 7.12 Å². The van der Waals surface area contributed by atoms with Crippen LogP contribution in [-0.2, 0) is 15.9 Å². The summed E-state index contributed by atoms with van der Waals surface area (Å²) in [4.78, 5) is 4.58. The Morgan fingerprint density at radius 1 is 1.12 bits per heavy atom. The van der Waals surface area contributed by atoms with E-state index >= 15 is 0 Å². The van der Waals surface area contributed by atoms with E-state index in [1.165, 1.54) is 6.07 Å². The zero-order valence-corrected chi connectivity index (χ0v) is 17.6. The molecule has 146 valence electrons. The highest BCUT2D eigenvalue weighted by molar-refractivity contribution is 6.62. The minimum atomic E-state index is -0.548. The first kappa shape index (κ1) is 21.4. The van der Waals surface area contributed by atoms with Crippen molar-refractivity contribution in [2.45, 2.75) is 65.3 Å². The summed E-state index contributed by atoms with van der Waals surface area (Å²) in [5, 5.41) is 0. The summed E-state index contributed by atoms with van der Waals surface area (Å²) in [6, 6.07) is 5.34. The molecule has 1 unspecified atom stereocenters. The van der Waals surface area contributed by atoms with Crippen molar-refractivity contribution in [2.24, 2.45) is 0 Å². The van der Waals surface area contributed by atoms with E-state index < -0.39 is 18.3 Å². The molecule has 0 bridgehead atoms. The number of benzene rings is 1. The summed E-state index contributed by atoms with van der Waals surface area (Å²) in [5.41, 5.74) is 0.963. The van der Waals surface area contributed by atoms with Crippen LogP contribution in [0.2, 0.25) is 0 Å². The largest absolute Gasteiger partial charge is 0.495 e. The Morgan fingerprint density at radius 2 is 1.69 bits per heavy atom. The predicted molar refractivity (Wildman–Crippen MR) is 106 cm³/mol. The van der Waals surface area contributed by atoms with Crippen molar-refractivity contribution in [2.75, 3.05) is 27.2 Å². The van der Waals surface area contributed by atoms with Crippen LogP contribution >= 0.6 is 0 Å². The summed E-state index contributed by atoms with van der Waals surface area (Å²) in [5.74, 6) is -0.261. The molecule has 0 saturated carbocycles. The standard InChI is InChI=1S/C20H34BFN2O2/c1-9-24(15(2)13-23(7)8)14-16-10-11-17(22)12-18(16)21-25-19(3,4)20(5,6)26-21/h10-12,15H,9,13-14H2,1-8H3. The fourth-order valence-corrected chi connectivity index (χ4v) is 3.34. The van der Waals surface area contributed by atoms with Crippen molar-refractivity contribution in [3.63, 3.8) is 0 Å². The van der Waals surface area contributed by atoms with Crippen molar-refractivity contribution in [3.05, 3.63) is 29.6 Å². The molecule has 4 nitrogen and oxygen atoms in total. The van der Waals surface area contributed by atoms with Crippen molar-refractivity contribution < 1.29 is 13.7 Å². The summed E-state index contributed by atoms with van der Waals surface area (Å²) < 4.78 is 26.3. The van der Waals surface area contributed by atoms with E-state index in [-0.39, 0.29) is 5.82 Å². The number of hydrogen-bond donors (Lipinski definition) is 0. The minimum Gasteiger partial charge on any atom is -0.399 e. The zero-order valence-electron chi connectivity index (χ0n) is 17.6. The molecule has 1 aromatic carbocycles. The molecule has 1 fully saturated rings. The lowest BCUT2D eigenvalue weighted by atomic mass is 9.75. The molecular formula is C20H34BFN2O2. The zero-order chi connectivity index (χ0) is 19.7. The summed E-state index contributed by atoms with van der Waals surface area (Å²) in [6.07, 6.45) is 0. The Kier molecular flexibility index (Phi) is 6.55. The van der Waals surface area contributed by atoms with Gasteiger partial charge in [0.2, 0.25) is 0 Å². The first-order chi connectivity index (χ1) is 12.0. The van der Waals surface area contributed by atoms with Crippen LogP contribution < -0.4 is 5.46 Å². The summed E-state index contributed by atoms with van der Waals surface area (Å²) in [7, 11) is 3.62. The molecular weight excluding hydrogens is 330 g/mol. The first-order valence-electron chi connectivity index (χ1n) is 9.49. The third kappa shape index (κ3) is 4.66. The Labute approximate surface area is 158 Å². The predicted octanol–water partition coefficient (Wildman–Crippen LogP) is 2.90. The van der Waals surface area contributed by atoms with Gasteiger partial charge in [0.25, 0.3) is 0 Å². The highest BCUT2D eigenvalue weighted by Crippen LogP contribution is 2.36. The molecule has 1 aliphatic rings. The molecule has 0 aliphatic carbocycles. The van der Waals surface area contributed by atoms with Crippen molar-refractivity contribution in [1.29, 1.82) is 0 Å². The SMILES string of the molecule is CCN(Cc1ccc(F)cc1B1OC(C)(C)C(C)(C)O1)C(C)CN(C)C. The molecule has 1 aliphatic heterocycles. The van der Waals surface area contributed by atoms with Gasteiger partial charge in [-0.15, -0.1) is 0 Å². The van der Waals surface area contributed by atoms with Crippen LogP contribution in [0.5, 0.6) is 0 Å². The molecule has 1 heterocycles. The maximum absolute atomic E-state index is 14.0. The smallest absolute Gasteiger partial charge is 0.399 e. The first-order valence-corrected chi connectivity index (χ1v) is 9.49. The van der Waals surface area contributed by atoms with Gasteiger partial charge in [0, 0.05) is 19.1 Å². The van der Waals surface area contributed by atoms with E-state index in [4.69, 9.17) is 9.31 Å². The normalized spacial score (nSPS) is 20.2. The fraction of sp³-hybridized carbons (Fsp3) is 0.700. The second kappa shape index (κ2) is 7.97. The number of hydrogen-bond acceptors (Lipinski definition) is 4. The van der Waals surface area contributed by atoms with Crippen LogP contribution in [-0.4, -0.2) is 61.3 Å². The maximum atomic E-state index is 14.0. The third-order valence-electron chi connectivity index (χ3n) is 5.65. The van der Waals surface area contributed by atoms with Gasteiger partial charge in [0.05, 0.1) is 11.2 Å². The van der Waals surface area contributed by atoms with Crippen molar-refractivity contribution in [1.82, 2.24) is 9.80 Å². The lowest BCUT2D eigenvalue weighted by Gasteiger charge is -2.32. The molecule has 2 rings (SSSR count). The van der Waals surface area contributed by atoms with Gasteiger partial charge in [0.15, 0.2) is 0 Å². The van der Waals surface area contributed by atoms with Crippen LogP contribution in [0.3, 0.4) is 0 Å². The van der Waals surface area contributed by atoms with Crippen LogP contribution in [0.4, 0.5) is 4.39 Å². The van der Waals surface area contributed by atoms with Gasteiger partial charge < -0.3 is 14.2 Å². The molecule has 26 heavy (non-hydrogen) atoms. The van der Waals surface area contributed by atoms with E-state index in [0.717, 1.165) is 30.7 Å². The van der Waals surface area contributed by atoms with Gasteiger partial charge in [-0.25, -0.2) is 4.39 Å². The number of nitrogens with zero attached hydrogens (tertiary/aromatic N) is 2. The van der Waals surface area contributed by atoms with E-state index in [2.05, 4.69) is 37.7 Å². The number of halogens is 1. The topological polar surface area (TPSA) is 24.9 Å². The van der Waals surface area contributed by atoms with E-state index in [1.807, 2.05) is 33.8 Å².